The zero-order valence-electron chi connectivity index (χ0n) is 16.5. The third kappa shape index (κ3) is 4.91. The van der Waals surface area contributed by atoms with Gasteiger partial charge < -0.3 is 19.8 Å². The lowest BCUT2D eigenvalue weighted by molar-refractivity contribution is 0.358. The number of rotatable bonds is 8. The third-order valence-corrected chi connectivity index (χ3v) is 4.40. The second-order valence-electron chi connectivity index (χ2n) is 6.46. The van der Waals surface area contributed by atoms with Crippen LogP contribution in [0.3, 0.4) is 0 Å². The van der Waals surface area contributed by atoms with Gasteiger partial charge in [0, 0.05) is 44.5 Å². The number of nitrogens with zero attached hydrogens (tertiary/aromatic N) is 3. The van der Waals surface area contributed by atoms with Gasteiger partial charge in [0.05, 0.1) is 5.69 Å². The minimum Gasteiger partial charge on any atom is -0.489 e. The number of nitrogens with one attached hydrogen (secondary N) is 2. The van der Waals surface area contributed by atoms with Crippen molar-refractivity contribution < 1.29 is 4.74 Å². The number of hydrogen-bond acceptors (Lipinski definition) is 3. The highest BCUT2D eigenvalue weighted by Gasteiger charge is 2.06. The highest BCUT2D eigenvalue weighted by Crippen LogP contribution is 2.17. The van der Waals surface area contributed by atoms with Crippen LogP contribution in [0.4, 0.5) is 0 Å². The maximum Gasteiger partial charge on any atom is 0.191 e. The topological polar surface area (TPSA) is 63.0 Å². The highest BCUT2D eigenvalue weighted by molar-refractivity contribution is 5.79. The first-order chi connectivity index (χ1) is 13.7. The first-order valence-corrected chi connectivity index (χ1v) is 9.40. The molecule has 146 valence electrons. The number of aryl methyl sites for hydroxylation is 1. The van der Waals surface area contributed by atoms with Gasteiger partial charge in [-0.15, -0.1) is 0 Å². The van der Waals surface area contributed by atoms with E-state index in [2.05, 4.69) is 45.8 Å². The van der Waals surface area contributed by atoms with Crippen LogP contribution in [-0.4, -0.2) is 35.5 Å². The molecule has 2 N–H and O–H groups in total. The molecular weight excluding hydrogens is 350 g/mol. The fraction of sp³-hybridized carbons (Fsp3) is 0.273. The van der Waals surface area contributed by atoms with E-state index in [0.29, 0.717) is 13.2 Å². The Morgan fingerprint density at radius 2 is 2.11 bits per heavy atom. The van der Waals surface area contributed by atoms with Gasteiger partial charge in [-0.2, -0.15) is 0 Å². The summed E-state index contributed by atoms with van der Waals surface area (Å²) in [4.78, 5) is 9.00. The quantitative estimate of drug-likeness (QED) is 0.360. The number of imidazole rings is 1. The van der Waals surface area contributed by atoms with Crippen molar-refractivity contribution in [1.82, 2.24) is 20.0 Å². The Morgan fingerprint density at radius 1 is 1.25 bits per heavy atom. The molecule has 0 aliphatic heterocycles. The number of guanidine groups is 1. The van der Waals surface area contributed by atoms with Gasteiger partial charge in [-0.1, -0.05) is 36.9 Å². The van der Waals surface area contributed by atoms with E-state index in [4.69, 9.17) is 9.72 Å². The Morgan fingerprint density at radius 3 is 2.89 bits per heavy atom. The van der Waals surface area contributed by atoms with Gasteiger partial charge in [-0.25, -0.2) is 4.98 Å². The number of aromatic nitrogens is 2. The predicted molar refractivity (Wildman–Crippen MR) is 114 cm³/mol. The van der Waals surface area contributed by atoms with Crippen molar-refractivity contribution in [3.63, 3.8) is 0 Å². The first kappa shape index (κ1) is 19.5. The number of hydrogen-bond donors (Lipinski definition) is 2. The Bertz CT molecular complexity index is 960. The summed E-state index contributed by atoms with van der Waals surface area (Å²) in [5.74, 6) is 1.60. The molecule has 0 saturated carbocycles. The third-order valence-electron chi connectivity index (χ3n) is 4.40. The molecule has 3 rings (SSSR count). The fourth-order valence-corrected chi connectivity index (χ4v) is 2.97. The van der Waals surface area contributed by atoms with Crippen LogP contribution in [0.15, 0.2) is 66.4 Å². The van der Waals surface area contributed by atoms with Gasteiger partial charge in [0.1, 0.15) is 18.0 Å². The van der Waals surface area contributed by atoms with Crippen molar-refractivity contribution in [2.45, 2.75) is 19.9 Å². The molecule has 3 aromatic rings. The lowest BCUT2D eigenvalue weighted by atomic mass is 10.2. The SMILES string of the molecule is C=CCOc1ccccc1CNC(=NC)NCCc1cn2cccc(C)c2n1. The van der Waals surface area contributed by atoms with E-state index < -0.39 is 0 Å². The smallest absolute Gasteiger partial charge is 0.191 e. The number of aliphatic imine (C=N–C) groups is 1. The number of benzene rings is 1. The van der Waals surface area contributed by atoms with Crippen LogP contribution >= 0.6 is 0 Å². The van der Waals surface area contributed by atoms with Crippen LogP contribution in [-0.2, 0) is 13.0 Å². The zero-order chi connectivity index (χ0) is 19.8. The summed E-state index contributed by atoms with van der Waals surface area (Å²) in [6.45, 7) is 7.63. The van der Waals surface area contributed by atoms with Crippen LogP contribution in [0.25, 0.3) is 5.65 Å². The molecule has 0 spiro atoms. The Labute approximate surface area is 166 Å². The molecule has 0 fully saturated rings. The number of para-hydroxylation sites is 1. The van der Waals surface area contributed by atoms with Gasteiger partial charge in [0.25, 0.3) is 0 Å². The van der Waals surface area contributed by atoms with E-state index in [-0.39, 0.29) is 0 Å². The van der Waals surface area contributed by atoms with Crippen LogP contribution in [0.2, 0.25) is 0 Å². The summed E-state index contributed by atoms with van der Waals surface area (Å²) >= 11 is 0. The summed E-state index contributed by atoms with van der Waals surface area (Å²) in [7, 11) is 1.77. The Hall–Kier alpha value is -3.28. The molecule has 1 aromatic carbocycles. The molecule has 2 heterocycles. The van der Waals surface area contributed by atoms with E-state index in [0.717, 1.165) is 41.6 Å². The molecule has 0 aliphatic rings. The van der Waals surface area contributed by atoms with E-state index >= 15 is 0 Å². The molecular formula is C22H27N5O. The van der Waals surface area contributed by atoms with Crippen molar-refractivity contribution in [3.8, 4) is 5.75 Å². The number of fused-ring (bicyclic) bond motifs is 1. The summed E-state index contributed by atoms with van der Waals surface area (Å²) in [5, 5.41) is 6.67. The number of ether oxygens (including phenoxy) is 1. The van der Waals surface area contributed by atoms with Crippen LogP contribution in [0, 0.1) is 6.92 Å². The summed E-state index contributed by atoms with van der Waals surface area (Å²) in [5.41, 5.74) is 4.32. The molecule has 6 nitrogen and oxygen atoms in total. The minimum absolute atomic E-state index is 0.489. The van der Waals surface area contributed by atoms with Gasteiger partial charge in [-0.05, 0) is 24.6 Å². The van der Waals surface area contributed by atoms with Crippen LogP contribution < -0.4 is 15.4 Å². The normalized spacial score (nSPS) is 11.4. The lowest BCUT2D eigenvalue weighted by Gasteiger charge is -2.14. The molecule has 0 bridgehead atoms. The van der Waals surface area contributed by atoms with Gasteiger partial charge in [0.2, 0.25) is 0 Å². The Kier molecular flexibility index (Phi) is 6.68. The second kappa shape index (κ2) is 9.60. The summed E-state index contributed by atoms with van der Waals surface area (Å²) in [6, 6.07) is 12.1. The maximum absolute atomic E-state index is 5.70. The van der Waals surface area contributed by atoms with Gasteiger partial charge in [-0.3, -0.25) is 4.99 Å². The van der Waals surface area contributed by atoms with E-state index in [1.807, 2.05) is 36.5 Å². The molecule has 0 saturated heterocycles. The van der Waals surface area contributed by atoms with Crippen LogP contribution in [0.1, 0.15) is 16.8 Å². The minimum atomic E-state index is 0.489. The van der Waals surface area contributed by atoms with Crippen LogP contribution in [0.5, 0.6) is 5.75 Å². The monoisotopic (exact) mass is 377 g/mol. The molecule has 0 atom stereocenters. The van der Waals surface area contributed by atoms with Crippen molar-refractivity contribution in [1.29, 1.82) is 0 Å². The second-order valence-corrected chi connectivity index (χ2v) is 6.46. The maximum atomic E-state index is 5.70. The Balaban J connectivity index is 1.52. The van der Waals surface area contributed by atoms with Gasteiger partial charge >= 0.3 is 0 Å². The van der Waals surface area contributed by atoms with Gasteiger partial charge in [0.15, 0.2) is 5.96 Å². The van der Waals surface area contributed by atoms with Crippen molar-refractivity contribution in [2.24, 2.45) is 4.99 Å². The molecule has 0 radical (unpaired) electrons. The van der Waals surface area contributed by atoms with E-state index in [9.17, 15) is 0 Å². The van der Waals surface area contributed by atoms with Crippen molar-refractivity contribution in [2.75, 3.05) is 20.2 Å². The fourth-order valence-electron chi connectivity index (χ4n) is 2.97. The van der Waals surface area contributed by atoms with E-state index in [1.54, 1.807) is 13.1 Å². The predicted octanol–water partition coefficient (Wildman–Crippen LogP) is 3.12. The molecule has 0 amide bonds. The van der Waals surface area contributed by atoms with Crippen molar-refractivity contribution >= 4 is 11.6 Å². The molecule has 0 aliphatic carbocycles. The van der Waals surface area contributed by atoms with Crippen molar-refractivity contribution in [3.05, 3.63) is 78.3 Å². The molecule has 2 aromatic heterocycles. The summed E-state index contributed by atoms with van der Waals surface area (Å²) in [6.07, 6.45) is 6.67. The summed E-state index contributed by atoms with van der Waals surface area (Å²) < 4.78 is 7.77. The molecule has 6 heteroatoms. The van der Waals surface area contributed by atoms with E-state index in [1.165, 1.54) is 5.56 Å². The molecule has 0 unspecified atom stereocenters. The highest BCUT2D eigenvalue weighted by atomic mass is 16.5. The average molecular weight is 377 g/mol. The standard InChI is InChI=1S/C22H27N5O/c1-4-14-28-20-10-6-5-9-18(20)15-25-22(23-3)24-12-11-19-16-27-13-7-8-17(2)21(27)26-19/h4-10,13,16H,1,11-12,14-15H2,2-3H3,(H2,23,24,25). The lowest BCUT2D eigenvalue weighted by Crippen LogP contribution is -2.38. The average Bonchev–Trinajstić information content (AvgIpc) is 3.14. The molecule has 28 heavy (non-hydrogen) atoms. The number of pyridine rings is 1. The first-order valence-electron chi connectivity index (χ1n) is 9.40. The zero-order valence-corrected chi connectivity index (χ0v) is 16.5. The largest absolute Gasteiger partial charge is 0.489 e.